The van der Waals surface area contributed by atoms with Gasteiger partial charge in [-0.1, -0.05) is 58.7 Å². The Kier molecular flexibility index (Phi) is 5.87. The van der Waals surface area contributed by atoms with Crippen molar-refractivity contribution in [3.63, 3.8) is 0 Å². The van der Waals surface area contributed by atoms with E-state index in [1.807, 2.05) is 24.3 Å². The minimum atomic E-state index is -1.73. The van der Waals surface area contributed by atoms with Gasteiger partial charge in [0.25, 0.3) is 5.91 Å². The van der Waals surface area contributed by atoms with Crippen molar-refractivity contribution in [1.29, 1.82) is 0 Å². The Morgan fingerprint density at radius 3 is 2.50 bits per heavy atom. The molecule has 0 aliphatic carbocycles. The minimum Gasteiger partial charge on any atom is -0.497 e. The fourth-order valence-corrected chi connectivity index (χ4v) is 3.63. The zero-order valence-electron chi connectivity index (χ0n) is 13.5. The molecule has 0 fully saturated rings. The number of methoxy groups -OCH3 is 1. The van der Waals surface area contributed by atoms with E-state index in [4.69, 9.17) is 39.5 Å². The molecule has 0 unspecified atom stereocenters. The largest absolute Gasteiger partial charge is 0.497 e. The van der Waals surface area contributed by atoms with Gasteiger partial charge in [-0.2, -0.15) is 0 Å². The van der Waals surface area contributed by atoms with Gasteiger partial charge in [0.2, 0.25) is 3.79 Å². The molecule has 0 saturated heterocycles. The molecule has 9 heteroatoms. The highest BCUT2D eigenvalue weighted by Crippen LogP contribution is 2.39. The summed E-state index contributed by atoms with van der Waals surface area (Å²) in [5.74, 6) is 0.281. The summed E-state index contributed by atoms with van der Waals surface area (Å²) in [5.41, 5.74) is 2.08. The molecule has 0 radical (unpaired) electrons. The summed E-state index contributed by atoms with van der Waals surface area (Å²) >= 11 is 19.3. The summed E-state index contributed by atoms with van der Waals surface area (Å²) in [6.45, 7) is 0. The Labute approximate surface area is 169 Å². The second-order valence-corrected chi connectivity index (χ2v) is 8.76. The van der Waals surface area contributed by atoms with Crippen LogP contribution in [0.15, 0.2) is 53.7 Å². The molecule has 2 N–H and O–H groups in total. The number of ether oxygens (including phenoxy) is 1. The van der Waals surface area contributed by atoms with E-state index in [2.05, 4.69) is 15.3 Å². The van der Waals surface area contributed by atoms with Crippen molar-refractivity contribution in [2.75, 3.05) is 7.11 Å². The van der Waals surface area contributed by atoms with Crippen molar-refractivity contribution in [3.8, 4) is 5.75 Å². The molecule has 0 bridgehead atoms. The number of hydrogen-bond donors (Lipinski definition) is 2. The number of benzene rings is 2. The van der Waals surface area contributed by atoms with E-state index in [0.29, 0.717) is 16.5 Å². The smallest absolute Gasteiger partial charge is 0.252 e. The van der Waals surface area contributed by atoms with Crippen molar-refractivity contribution >= 4 is 63.5 Å². The second kappa shape index (κ2) is 7.96. The molecule has 0 saturated carbocycles. The molecule has 1 aromatic heterocycles. The van der Waals surface area contributed by atoms with Crippen LogP contribution in [0.2, 0.25) is 0 Å². The van der Waals surface area contributed by atoms with E-state index < -0.39 is 9.17 Å². The van der Waals surface area contributed by atoms with Crippen molar-refractivity contribution in [3.05, 3.63) is 54.1 Å². The first kappa shape index (κ1) is 19.2. The number of alkyl halides is 3. The van der Waals surface area contributed by atoms with Gasteiger partial charge in [0.05, 0.1) is 18.1 Å². The van der Waals surface area contributed by atoms with Crippen LogP contribution in [-0.4, -0.2) is 32.2 Å². The predicted molar refractivity (Wildman–Crippen MR) is 106 cm³/mol. The maximum Gasteiger partial charge on any atom is 0.252 e. The quantitative estimate of drug-likeness (QED) is 0.347. The molecular weight excluding hydrogens is 417 g/mol. The fourth-order valence-electron chi connectivity index (χ4n) is 2.22. The topological polar surface area (TPSA) is 67.0 Å². The van der Waals surface area contributed by atoms with E-state index in [1.54, 1.807) is 31.4 Å². The molecule has 3 rings (SSSR count). The van der Waals surface area contributed by atoms with E-state index in [1.165, 1.54) is 0 Å². The van der Waals surface area contributed by atoms with Crippen molar-refractivity contribution in [2.45, 2.75) is 14.3 Å². The first-order valence-corrected chi connectivity index (χ1v) is 9.51. The molecule has 1 heterocycles. The van der Waals surface area contributed by atoms with E-state index in [0.717, 1.165) is 22.8 Å². The molecule has 0 spiro atoms. The lowest BCUT2D eigenvalue weighted by Crippen LogP contribution is -2.41. The molecule has 136 valence electrons. The molecule has 1 atom stereocenters. The Bertz CT molecular complexity index is 877. The molecule has 2 aromatic carbocycles. The number of carbonyl (C=O) groups is 1. The SMILES string of the molecule is COc1ccc(C(=O)N[C@@H](Sc2nc3ccccc3[nH]2)C(Cl)(Cl)Cl)cc1. The molecule has 0 aliphatic rings. The molecule has 26 heavy (non-hydrogen) atoms. The maximum absolute atomic E-state index is 12.5. The Hall–Kier alpha value is -1.60. The van der Waals surface area contributed by atoms with Crippen LogP contribution in [0.5, 0.6) is 5.75 Å². The number of halogens is 3. The van der Waals surface area contributed by atoms with Crippen LogP contribution in [0, 0.1) is 0 Å². The number of aromatic amines is 1. The Balaban J connectivity index is 1.78. The standard InChI is InChI=1S/C17H14Cl3N3O2S/c1-25-11-8-6-10(7-9-11)14(24)23-15(17(18,19)20)26-16-21-12-4-2-3-5-13(12)22-16/h2-9,15H,1H3,(H,21,22)(H,23,24)/t15-/m0/s1. The molecule has 5 nitrogen and oxygen atoms in total. The number of imidazole rings is 1. The number of hydrogen-bond acceptors (Lipinski definition) is 4. The summed E-state index contributed by atoms with van der Waals surface area (Å²) in [6.07, 6.45) is 0. The zero-order valence-corrected chi connectivity index (χ0v) is 16.6. The third-order valence-electron chi connectivity index (χ3n) is 3.51. The van der Waals surface area contributed by atoms with Gasteiger partial charge in [-0.15, -0.1) is 0 Å². The lowest BCUT2D eigenvalue weighted by molar-refractivity contribution is 0.0950. The van der Waals surface area contributed by atoms with Gasteiger partial charge in [-0.25, -0.2) is 4.98 Å². The van der Waals surface area contributed by atoms with Crippen LogP contribution in [0.1, 0.15) is 10.4 Å². The summed E-state index contributed by atoms with van der Waals surface area (Å²) in [6, 6.07) is 14.2. The van der Waals surface area contributed by atoms with Gasteiger partial charge in [-0.3, -0.25) is 4.79 Å². The fraction of sp³-hybridized carbons (Fsp3) is 0.176. The number of amides is 1. The molecule has 1 amide bonds. The number of H-pyrrole nitrogens is 1. The van der Waals surface area contributed by atoms with Crippen LogP contribution < -0.4 is 10.1 Å². The van der Waals surface area contributed by atoms with Gasteiger partial charge in [0.1, 0.15) is 11.1 Å². The number of carbonyl (C=O) groups excluding carboxylic acids is 1. The number of rotatable bonds is 5. The summed E-state index contributed by atoms with van der Waals surface area (Å²) in [5, 5.41) is 2.43. The number of nitrogens with one attached hydrogen (secondary N) is 2. The minimum absolute atomic E-state index is 0.368. The number of fused-ring (bicyclic) bond motifs is 1. The number of para-hydroxylation sites is 2. The van der Waals surface area contributed by atoms with Gasteiger partial charge >= 0.3 is 0 Å². The van der Waals surface area contributed by atoms with Crippen molar-refractivity contribution in [2.24, 2.45) is 0 Å². The van der Waals surface area contributed by atoms with E-state index >= 15 is 0 Å². The molecule has 3 aromatic rings. The molecular formula is C17H14Cl3N3O2S. The zero-order chi connectivity index (χ0) is 18.7. The monoisotopic (exact) mass is 429 g/mol. The number of aromatic nitrogens is 2. The molecule has 0 aliphatic heterocycles. The summed E-state index contributed by atoms with van der Waals surface area (Å²) in [7, 11) is 1.55. The van der Waals surface area contributed by atoms with Gasteiger partial charge in [0, 0.05) is 5.56 Å². The lowest BCUT2D eigenvalue weighted by atomic mass is 10.2. The average molecular weight is 431 g/mol. The Morgan fingerprint density at radius 1 is 1.19 bits per heavy atom. The first-order valence-electron chi connectivity index (χ1n) is 7.50. The van der Waals surface area contributed by atoms with Crippen LogP contribution in [0.25, 0.3) is 11.0 Å². The normalized spacial score (nSPS) is 12.8. The highest BCUT2D eigenvalue weighted by atomic mass is 35.6. The third kappa shape index (κ3) is 4.57. The van der Waals surface area contributed by atoms with Gasteiger partial charge in [0.15, 0.2) is 5.16 Å². The predicted octanol–water partition coefficient (Wildman–Crippen LogP) is 4.79. The third-order valence-corrected chi connectivity index (χ3v) is 5.68. The van der Waals surface area contributed by atoms with Gasteiger partial charge < -0.3 is 15.0 Å². The van der Waals surface area contributed by atoms with Crippen LogP contribution in [0.3, 0.4) is 0 Å². The van der Waals surface area contributed by atoms with Crippen LogP contribution >= 0.6 is 46.6 Å². The van der Waals surface area contributed by atoms with Crippen LogP contribution in [-0.2, 0) is 0 Å². The van der Waals surface area contributed by atoms with Crippen molar-refractivity contribution in [1.82, 2.24) is 15.3 Å². The lowest BCUT2D eigenvalue weighted by Gasteiger charge is -2.24. The summed E-state index contributed by atoms with van der Waals surface area (Å²) in [4.78, 5) is 20.1. The Morgan fingerprint density at radius 2 is 1.88 bits per heavy atom. The first-order chi connectivity index (χ1) is 12.4. The second-order valence-electron chi connectivity index (χ2n) is 5.30. The van der Waals surface area contributed by atoms with E-state index in [9.17, 15) is 4.79 Å². The van der Waals surface area contributed by atoms with Crippen molar-refractivity contribution < 1.29 is 9.53 Å². The van der Waals surface area contributed by atoms with E-state index in [-0.39, 0.29) is 5.91 Å². The van der Waals surface area contributed by atoms with Gasteiger partial charge in [-0.05, 0) is 36.4 Å². The summed E-state index contributed by atoms with van der Waals surface area (Å²) < 4.78 is 3.35. The number of thioether (sulfide) groups is 1. The number of nitrogens with zero attached hydrogens (tertiary/aromatic N) is 1. The average Bonchev–Trinajstić information content (AvgIpc) is 3.03. The highest BCUT2D eigenvalue weighted by molar-refractivity contribution is 8.00. The maximum atomic E-state index is 12.5. The van der Waals surface area contributed by atoms with Crippen LogP contribution in [0.4, 0.5) is 0 Å². The highest BCUT2D eigenvalue weighted by Gasteiger charge is 2.36.